The van der Waals surface area contributed by atoms with Gasteiger partial charge in [-0.15, -0.1) is 12.4 Å². The van der Waals surface area contributed by atoms with Crippen LogP contribution < -0.4 is 21.3 Å². The van der Waals surface area contributed by atoms with E-state index in [2.05, 4.69) is 15.5 Å². The van der Waals surface area contributed by atoms with Crippen molar-refractivity contribution in [1.29, 1.82) is 0 Å². The summed E-state index contributed by atoms with van der Waals surface area (Å²) in [6, 6.07) is 5.19. The number of carbonyl (C=O) groups excluding carboxylic acids is 2. The third kappa shape index (κ3) is 4.17. The van der Waals surface area contributed by atoms with Crippen LogP contribution in [0.4, 0.5) is 11.4 Å². The van der Waals surface area contributed by atoms with Crippen molar-refractivity contribution in [2.45, 2.75) is 18.9 Å². The first-order valence-corrected chi connectivity index (χ1v) is 7.97. The van der Waals surface area contributed by atoms with Crippen LogP contribution in [-0.4, -0.2) is 50.7 Å². The van der Waals surface area contributed by atoms with Crippen molar-refractivity contribution in [3.05, 3.63) is 23.8 Å². The smallest absolute Gasteiger partial charge is 0.254 e. The average molecular weight is 355 g/mol. The Morgan fingerprint density at radius 3 is 2.67 bits per heavy atom. The van der Waals surface area contributed by atoms with Gasteiger partial charge in [0.2, 0.25) is 5.91 Å². The molecule has 1 aromatic rings. The number of benzene rings is 1. The van der Waals surface area contributed by atoms with Gasteiger partial charge in [0.15, 0.2) is 0 Å². The summed E-state index contributed by atoms with van der Waals surface area (Å²) in [5.41, 5.74) is 7.27. The lowest BCUT2D eigenvalue weighted by Crippen LogP contribution is -2.45. The number of hydrogen-bond acceptors (Lipinski definition) is 5. The van der Waals surface area contributed by atoms with Crippen LogP contribution >= 0.6 is 12.4 Å². The number of nitrogens with one attached hydrogen (secondary N) is 2. The van der Waals surface area contributed by atoms with Gasteiger partial charge in [-0.1, -0.05) is 0 Å². The Bertz CT molecular complexity index is 599. The molecule has 0 radical (unpaired) electrons. The normalized spacial score (nSPS) is 20.3. The van der Waals surface area contributed by atoms with Gasteiger partial charge in [-0.25, -0.2) is 0 Å². The van der Waals surface area contributed by atoms with Crippen molar-refractivity contribution in [3.63, 3.8) is 0 Å². The van der Waals surface area contributed by atoms with Crippen LogP contribution in [0.1, 0.15) is 23.2 Å². The molecule has 3 rings (SSSR count). The fourth-order valence-corrected chi connectivity index (χ4v) is 2.97. The van der Waals surface area contributed by atoms with E-state index in [0.717, 1.165) is 38.2 Å². The lowest BCUT2D eigenvalue weighted by atomic mass is 10.1. The second-order valence-electron chi connectivity index (χ2n) is 5.84. The number of nitrogens with two attached hydrogens (primary N) is 1. The van der Waals surface area contributed by atoms with E-state index in [1.807, 2.05) is 6.07 Å². The molecule has 2 amide bonds. The van der Waals surface area contributed by atoms with Crippen molar-refractivity contribution < 1.29 is 14.3 Å². The zero-order chi connectivity index (χ0) is 16.2. The Hall–Kier alpha value is -1.83. The topological polar surface area (TPSA) is 96.7 Å². The van der Waals surface area contributed by atoms with Crippen LogP contribution in [-0.2, 0) is 9.53 Å². The molecule has 2 aliphatic rings. The summed E-state index contributed by atoms with van der Waals surface area (Å²) in [6.45, 7) is 3.64. The largest absolute Gasteiger partial charge is 0.370 e. The maximum Gasteiger partial charge on any atom is 0.254 e. The highest BCUT2D eigenvalue weighted by Crippen LogP contribution is 2.30. The quantitative estimate of drug-likeness (QED) is 0.741. The summed E-state index contributed by atoms with van der Waals surface area (Å²) in [6.07, 6.45) is 1.73. The molecule has 0 bridgehead atoms. The van der Waals surface area contributed by atoms with E-state index < -0.39 is 12.0 Å². The van der Waals surface area contributed by atoms with Gasteiger partial charge in [0.05, 0.1) is 18.0 Å². The van der Waals surface area contributed by atoms with Gasteiger partial charge in [-0.2, -0.15) is 0 Å². The Morgan fingerprint density at radius 2 is 2.04 bits per heavy atom. The van der Waals surface area contributed by atoms with Gasteiger partial charge in [0, 0.05) is 31.7 Å². The molecule has 8 heteroatoms. The first-order chi connectivity index (χ1) is 11.1. The minimum absolute atomic E-state index is 0. The molecule has 1 unspecified atom stereocenters. The molecule has 7 nitrogen and oxygen atoms in total. The van der Waals surface area contributed by atoms with Gasteiger partial charge >= 0.3 is 0 Å². The van der Waals surface area contributed by atoms with E-state index in [4.69, 9.17) is 10.5 Å². The number of ether oxygens (including phenoxy) is 1. The van der Waals surface area contributed by atoms with E-state index in [0.29, 0.717) is 24.4 Å². The fraction of sp³-hybridized carbons (Fsp3) is 0.500. The molecule has 0 aliphatic carbocycles. The summed E-state index contributed by atoms with van der Waals surface area (Å²) in [7, 11) is 0. The molecule has 2 fully saturated rings. The van der Waals surface area contributed by atoms with Gasteiger partial charge in [-0.05, 0) is 31.0 Å². The maximum atomic E-state index is 12.4. The maximum absolute atomic E-state index is 12.4. The summed E-state index contributed by atoms with van der Waals surface area (Å²) in [5, 5.41) is 6.03. The third-order valence-electron chi connectivity index (χ3n) is 4.21. The number of morpholine rings is 1. The number of anilines is 2. The second kappa shape index (κ2) is 8.32. The van der Waals surface area contributed by atoms with E-state index >= 15 is 0 Å². The first kappa shape index (κ1) is 18.5. The SMILES string of the molecule is Cl.NC(=O)c1ccc(N2CCCC2)c(NC(=O)C2CNCCO2)c1. The number of amides is 2. The molecule has 2 aliphatic heterocycles. The molecule has 2 heterocycles. The van der Waals surface area contributed by atoms with Crippen LogP contribution in [0.15, 0.2) is 18.2 Å². The Kier molecular flexibility index (Phi) is 6.42. The van der Waals surface area contributed by atoms with Crippen LogP contribution in [0.2, 0.25) is 0 Å². The molecule has 1 atom stereocenters. The molecule has 0 saturated carbocycles. The molecular weight excluding hydrogens is 332 g/mol. The third-order valence-corrected chi connectivity index (χ3v) is 4.21. The molecule has 1 aromatic carbocycles. The lowest BCUT2D eigenvalue weighted by molar-refractivity contribution is -0.128. The lowest BCUT2D eigenvalue weighted by Gasteiger charge is -2.25. The molecule has 4 N–H and O–H groups in total. The number of carbonyl (C=O) groups is 2. The van der Waals surface area contributed by atoms with Crippen LogP contribution in [0, 0.1) is 0 Å². The Balaban J connectivity index is 0.00000208. The highest BCUT2D eigenvalue weighted by atomic mass is 35.5. The monoisotopic (exact) mass is 354 g/mol. The Morgan fingerprint density at radius 1 is 1.29 bits per heavy atom. The molecule has 0 aromatic heterocycles. The molecule has 0 spiro atoms. The van der Waals surface area contributed by atoms with Crippen molar-refractivity contribution in [2.75, 3.05) is 43.0 Å². The van der Waals surface area contributed by atoms with Crippen LogP contribution in [0.5, 0.6) is 0 Å². The van der Waals surface area contributed by atoms with Crippen molar-refractivity contribution in [3.8, 4) is 0 Å². The highest BCUT2D eigenvalue weighted by Gasteiger charge is 2.24. The number of primary amides is 1. The summed E-state index contributed by atoms with van der Waals surface area (Å²) in [4.78, 5) is 26.0. The minimum Gasteiger partial charge on any atom is -0.370 e. The number of nitrogens with zero attached hydrogens (tertiary/aromatic N) is 1. The van der Waals surface area contributed by atoms with Crippen molar-refractivity contribution >= 4 is 35.6 Å². The van der Waals surface area contributed by atoms with E-state index in [-0.39, 0.29) is 18.3 Å². The van der Waals surface area contributed by atoms with Gasteiger partial charge in [0.25, 0.3) is 5.91 Å². The molecule has 132 valence electrons. The standard InChI is InChI=1S/C16H22N4O3.ClH/c17-15(21)11-3-4-13(20-6-1-2-7-20)12(9-11)19-16(22)14-10-18-5-8-23-14;/h3-4,9,14,18H,1-2,5-8,10H2,(H2,17,21)(H,19,22);1H. The van der Waals surface area contributed by atoms with E-state index in [1.165, 1.54) is 0 Å². The summed E-state index contributed by atoms with van der Waals surface area (Å²) < 4.78 is 5.48. The van der Waals surface area contributed by atoms with Crippen LogP contribution in [0.3, 0.4) is 0 Å². The van der Waals surface area contributed by atoms with Gasteiger partial charge < -0.3 is 26.0 Å². The van der Waals surface area contributed by atoms with Gasteiger partial charge in [-0.3, -0.25) is 9.59 Å². The summed E-state index contributed by atoms with van der Waals surface area (Å²) in [5.74, 6) is -0.719. The molecular formula is C16H23ClN4O3. The minimum atomic E-state index is -0.521. The average Bonchev–Trinajstić information content (AvgIpc) is 3.09. The zero-order valence-corrected chi connectivity index (χ0v) is 14.2. The Labute approximate surface area is 147 Å². The second-order valence-corrected chi connectivity index (χ2v) is 5.84. The molecule has 24 heavy (non-hydrogen) atoms. The van der Waals surface area contributed by atoms with E-state index in [1.54, 1.807) is 12.1 Å². The predicted molar refractivity (Wildman–Crippen MR) is 94.9 cm³/mol. The number of rotatable bonds is 4. The van der Waals surface area contributed by atoms with Crippen LogP contribution in [0.25, 0.3) is 0 Å². The fourth-order valence-electron chi connectivity index (χ4n) is 2.97. The van der Waals surface area contributed by atoms with E-state index in [9.17, 15) is 9.59 Å². The van der Waals surface area contributed by atoms with Gasteiger partial charge in [0.1, 0.15) is 6.10 Å². The number of hydrogen-bond donors (Lipinski definition) is 3. The van der Waals surface area contributed by atoms with Crippen molar-refractivity contribution in [2.24, 2.45) is 5.73 Å². The predicted octanol–water partition coefficient (Wildman–Crippen LogP) is 0.734. The summed E-state index contributed by atoms with van der Waals surface area (Å²) >= 11 is 0. The van der Waals surface area contributed by atoms with Crippen molar-refractivity contribution in [1.82, 2.24) is 5.32 Å². The zero-order valence-electron chi connectivity index (χ0n) is 13.4. The highest BCUT2D eigenvalue weighted by molar-refractivity contribution is 6.00. The molecule has 2 saturated heterocycles. The number of halogens is 1. The first-order valence-electron chi connectivity index (χ1n) is 7.97.